The number of aliphatic hydroxyl groups excluding tert-OH is 1. The first-order valence-corrected chi connectivity index (χ1v) is 8.75. The molecule has 140 valence electrons. The molecule has 1 heterocycles. The molecule has 0 radical (unpaired) electrons. The van der Waals surface area contributed by atoms with E-state index >= 15 is 0 Å². The van der Waals surface area contributed by atoms with Crippen LogP contribution in [0.5, 0.6) is 5.75 Å². The number of aryl methyl sites for hydroxylation is 1. The van der Waals surface area contributed by atoms with Gasteiger partial charge in [0.05, 0.1) is 5.69 Å². The highest BCUT2D eigenvalue weighted by atomic mass is 16.5. The number of hydrogen-bond donors (Lipinski definition) is 1. The van der Waals surface area contributed by atoms with Crippen molar-refractivity contribution in [2.24, 2.45) is 0 Å². The number of nitrogens with zero attached hydrogens (tertiary/aromatic N) is 3. The van der Waals surface area contributed by atoms with Gasteiger partial charge in [-0.25, -0.2) is 4.68 Å². The predicted molar refractivity (Wildman–Crippen MR) is 103 cm³/mol. The molecule has 1 aromatic heterocycles. The van der Waals surface area contributed by atoms with E-state index in [4.69, 9.17) is 4.74 Å². The second kappa shape index (κ2) is 8.51. The zero-order valence-electron chi connectivity index (χ0n) is 15.4. The first kappa shape index (κ1) is 18.7. The van der Waals surface area contributed by atoms with Crippen molar-refractivity contribution < 1.29 is 14.6 Å². The summed E-state index contributed by atoms with van der Waals surface area (Å²) in [4.78, 5) is 13.9. The normalized spacial score (nSPS) is 11.8. The fourth-order valence-electron chi connectivity index (χ4n) is 2.74. The van der Waals surface area contributed by atoms with Gasteiger partial charge in [-0.15, -0.1) is 0 Å². The number of rotatable bonds is 7. The molecule has 0 fully saturated rings. The van der Waals surface area contributed by atoms with E-state index in [2.05, 4.69) is 5.10 Å². The highest BCUT2D eigenvalue weighted by Crippen LogP contribution is 2.16. The van der Waals surface area contributed by atoms with E-state index in [1.807, 2.05) is 67.7 Å². The molecule has 1 unspecified atom stereocenters. The third-order valence-corrected chi connectivity index (χ3v) is 4.28. The lowest BCUT2D eigenvalue weighted by atomic mass is 10.2. The number of likely N-dealkylation sites (N-methyl/N-ethyl adjacent to an activating group) is 1. The van der Waals surface area contributed by atoms with Gasteiger partial charge in [-0.3, -0.25) is 4.79 Å². The molecule has 27 heavy (non-hydrogen) atoms. The van der Waals surface area contributed by atoms with Crippen molar-refractivity contribution in [1.82, 2.24) is 14.7 Å². The summed E-state index contributed by atoms with van der Waals surface area (Å²) in [5.41, 5.74) is 2.88. The highest BCUT2D eigenvalue weighted by molar-refractivity contribution is 5.80. The van der Waals surface area contributed by atoms with Crippen LogP contribution in [0, 0.1) is 6.92 Å². The largest absolute Gasteiger partial charge is 0.490 e. The van der Waals surface area contributed by atoms with E-state index in [9.17, 15) is 9.90 Å². The topological polar surface area (TPSA) is 67.6 Å². The fourth-order valence-corrected chi connectivity index (χ4v) is 2.74. The van der Waals surface area contributed by atoms with Gasteiger partial charge in [0, 0.05) is 26.0 Å². The van der Waals surface area contributed by atoms with Gasteiger partial charge in [0.15, 0.2) is 6.10 Å². The van der Waals surface area contributed by atoms with Crippen LogP contribution in [0.4, 0.5) is 0 Å². The van der Waals surface area contributed by atoms with Crippen molar-refractivity contribution in [2.45, 2.75) is 19.6 Å². The number of hydrogen-bond acceptors (Lipinski definition) is 4. The molecule has 1 amide bonds. The van der Waals surface area contributed by atoms with Gasteiger partial charge in [-0.1, -0.05) is 30.3 Å². The van der Waals surface area contributed by atoms with Crippen LogP contribution >= 0.6 is 0 Å². The van der Waals surface area contributed by atoms with Crippen molar-refractivity contribution in [3.05, 3.63) is 78.1 Å². The minimum absolute atomic E-state index is 0.0771. The lowest BCUT2D eigenvalue weighted by molar-refractivity contribution is -0.140. The Morgan fingerprint density at radius 3 is 2.59 bits per heavy atom. The molecule has 6 heteroatoms. The standard InChI is InChI=1S/C21H23N3O3/c1-16-6-3-4-7-20(16)27-15-19(25)21(26)23(2)14-17-8-10-18(11-9-17)24-13-5-12-22-24/h3-13,19,25H,14-15H2,1-2H3. The van der Waals surface area contributed by atoms with Crippen molar-refractivity contribution in [1.29, 1.82) is 0 Å². The molecule has 3 aromatic rings. The molecule has 0 aliphatic heterocycles. The molecule has 0 spiro atoms. The van der Waals surface area contributed by atoms with Crippen molar-refractivity contribution in [3.8, 4) is 11.4 Å². The van der Waals surface area contributed by atoms with Crippen LogP contribution in [-0.2, 0) is 11.3 Å². The van der Waals surface area contributed by atoms with Crippen molar-refractivity contribution >= 4 is 5.91 Å². The molecule has 1 N–H and O–H groups in total. The maximum atomic E-state index is 12.4. The zero-order valence-corrected chi connectivity index (χ0v) is 15.4. The first-order valence-electron chi connectivity index (χ1n) is 8.75. The summed E-state index contributed by atoms with van der Waals surface area (Å²) in [5, 5.41) is 14.3. The van der Waals surface area contributed by atoms with Crippen LogP contribution in [-0.4, -0.2) is 45.5 Å². The predicted octanol–water partition coefficient (Wildman–Crippen LogP) is 2.58. The van der Waals surface area contributed by atoms with Crippen LogP contribution in [0.25, 0.3) is 5.69 Å². The van der Waals surface area contributed by atoms with Crippen LogP contribution in [0.1, 0.15) is 11.1 Å². The smallest absolute Gasteiger partial charge is 0.255 e. The van der Waals surface area contributed by atoms with Gasteiger partial charge in [0.25, 0.3) is 5.91 Å². The lowest BCUT2D eigenvalue weighted by Gasteiger charge is -2.21. The Labute approximate surface area is 158 Å². The molecule has 0 saturated carbocycles. The Balaban J connectivity index is 1.54. The molecular weight excluding hydrogens is 342 g/mol. The van der Waals surface area contributed by atoms with Gasteiger partial charge < -0.3 is 14.7 Å². The van der Waals surface area contributed by atoms with Crippen LogP contribution in [0.15, 0.2) is 67.0 Å². The highest BCUT2D eigenvalue weighted by Gasteiger charge is 2.20. The van der Waals surface area contributed by atoms with Crippen molar-refractivity contribution in [3.63, 3.8) is 0 Å². The van der Waals surface area contributed by atoms with Crippen LogP contribution in [0.3, 0.4) is 0 Å². The fraction of sp³-hybridized carbons (Fsp3) is 0.238. The summed E-state index contributed by atoms with van der Waals surface area (Å²) in [6.45, 7) is 2.24. The van der Waals surface area contributed by atoms with E-state index in [0.29, 0.717) is 12.3 Å². The molecule has 0 bridgehead atoms. The Kier molecular flexibility index (Phi) is 5.88. The van der Waals surface area contributed by atoms with Gasteiger partial charge >= 0.3 is 0 Å². The average molecular weight is 365 g/mol. The molecule has 0 saturated heterocycles. The maximum absolute atomic E-state index is 12.4. The van der Waals surface area contributed by atoms with Gasteiger partial charge in [-0.05, 0) is 42.3 Å². The number of ether oxygens (including phenoxy) is 1. The Bertz CT molecular complexity index is 876. The molecule has 0 aliphatic rings. The van der Waals surface area contributed by atoms with Gasteiger partial charge in [0.1, 0.15) is 12.4 Å². The monoisotopic (exact) mass is 365 g/mol. The third kappa shape index (κ3) is 4.74. The Morgan fingerprint density at radius 2 is 1.93 bits per heavy atom. The average Bonchev–Trinajstić information content (AvgIpc) is 3.22. The van der Waals surface area contributed by atoms with Crippen LogP contribution < -0.4 is 4.74 Å². The molecule has 6 nitrogen and oxygen atoms in total. The summed E-state index contributed by atoms with van der Waals surface area (Å²) in [6.07, 6.45) is 2.38. The molecule has 1 atom stereocenters. The number of para-hydroxylation sites is 1. The molecule has 2 aromatic carbocycles. The van der Waals surface area contributed by atoms with E-state index in [1.165, 1.54) is 4.90 Å². The summed E-state index contributed by atoms with van der Waals surface area (Å²) in [5.74, 6) is 0.293. The second-order valence-corrected chi connectivity index (χ2v) is 6.40. The molecular formula is C21H23N3O3. The third-order valence-electron chi connectivity index (χ3n) is 4.28. The summed E-state index contributed by atoms with van der Waals surface area (Å²) in [6, 6.07) is 17.1. The summed E-state index contributed by atoms with van der Waals surface area (Å²) in [7, 11) is 1.67. The van der Waals surface area contributed by atoms with E-state index in [-0.39, 0.29) is 12.5 Å². The first-order chi connectivity index (χ1) is 13.0. The Hall–Kier alpha value is -3.12. The zero-order chi connectivity index (χ0) is 19.2. The molecule has 0 aliphatic carbocycles. The number of aliphatic hydroxyl groups is 1. The number of carbonyl (C=O) groups excluding carboxylic acids is 1. The number of aromatic nitrogens is 2. The number of amides is 1. The minimum atomic E-state index is -1.21. The van der Waals surface area contributed by atoms with E-state index < -0.39 is 6.10 Å². The lowest BCUT2D eigenvalue weighted by Crippen LogP contribution is -2.39. The Morgan fingerprint density at radius 1 is 1.19 bits per heavy atom. The number of benzene rings is 2. The second-order valence-electron chi connectivity index (χ2n) is 6.40. The van der Waals surface area contributed by atoms with Crippen LogP contribution in [0.2, 0.25) is 0 Å². The van der Waals surface area contributed by atoms with E-state index in [1.54, 1.807) is 17.9 Å². The summed E-state index contributed by atoms with van der Waals surface area (Å²) < 4.78 is 7.34. The maximum Gasteiger partial charge on any atom is 0.255 e. The van der Waals surface area contributed by atoms with E-state index in [0.717, 1.165) is 16.8 Å². The minimum Gasteiger partial charge on any atom is -0.490 e. The number of carbonyl (C=O) groups is 1. The van der Waals surface area contributed by atoms with Gasteiger partial charge in [-0.2, -0.15) is 5.10 Å². The SMILES string of the molecule is Cc1ccccc1OCC(O)C(=O)N(C)Cc1ccc(-n2cccn2)cc1. The van der Waals surface area contributed by atoms with Gasteiger partial charge in [0.2, 0.25) is 0 Å². The summed E-state index contributed by atoms with van der Waals surface area (Å²) >= 11 is 0. The molecule has 3 rings (SSSR count). The quantitative estimate of drug-likeness (QED) is 0.699. The van der Waals surface area contributed by atoms with Crippen molar-refractivity contribution in [2.75, 3.05) is 13.7 Å².